The summed E-state index contributed by atoms with van der Waals surface area (Å²) >= 11 is 0. The van der Waals surface area contributed by atoms with Crippen LogP contribution in [0.15, 0.2) is 66.7 Å². The molecule has 0 aliphatic carbocycles. The van der Waals surface area contributed by atoms with E-state index >= 15 is 0 Å². The monoisotopic (exact) mass is 427 g/mol. The third-order valence-corrected chi connectivity index (χ3v) is 5.57. The highest BCUT2D eigenvalue weighted by molar-refractivity contribution is 5.87. The first-order valence-electron chi connectivity index (χ1n) is 10.4. The molecule has 1 aromatic heterocycles. The van der Waals surface area contributed by atoms with Gasteiger partial charge in [-0.05, 0) is 71.6 Å². The van der Waals surface area contributed by atoms with Crippen molar-refractivity contribution in [3.63, 3.8) is 0 Å². The van der Waals surface area contributed by atoms with Crippen molar-refractivity contribution in [1.29, 1.82) is 0 Å². The third-order valence-electron chi connectivity index (χ3n) is 5.57. The van der Waals surface area contributed by atoms with E-state index in [1.807, 2.05) is 62.4 Å². The summed E-state index contributed by atoms with van der Waals surface area (Å²) in [5, 5.41) is 12.7. The third kappa shape index (κ3) is 4.57. The number of esters is 1. The van der Waals surface area contributed by atoms with Gasteiger partial charge in [0.1, 0.15) is 17.2 Å². The number of methoxy groups -OCH3 is 1. The molecule has 0 bridgehead atoms. The second-order valence-electron chi connectivity index (χ2n) is 7.81. The molecule has 0 fully saturated rings. The van der Waals surface area contributed by atoms with Gasteiger partial charge in [-0.25, -0.2) is 9.78 Å². The van der Waals surface area contributed by atoms with Gasteiger partial charge in [-0.1, -0.05) is 36.4 Å². The molecule has 5 nitrogen and oxygen atoms in total. The molecule has 1 N–H and O–H groups in total. The van der Waals surface area contributed by atoms with Gasteiger partial charge in [0.2, 0.25) is 0 Å². The minimum Gasteiger partial charge on any atom is -0.506 e. The average molecular weight is 428 g/mol. The van der Waals surface area contributed by atoms with E-state index in [-0.39, 0.29) is 12.4 Å². The molecule has 162 valence electrons. The van der Waals surface area contributed by atoms with Gasteiger partial charge in [0.05, 0.1) is 7.11 Å². The largest absolute Gasteiger partial charge is 0.506 e. The summed E-state index contributed by atoms with van der Waals surface area (Å²) in [6.07, 6.45) is 0.621. The number of aromatic hydroxyl groups is 1. The van der Waals surface area contributed by atoms with E-state index in [4.69, 9.17) is 9.72 Å². The van der Waals surface area contributed by atoms with E-state index in [9.17, 15) is 9.90 Å². The number of rotatable bonds is 6. The summed E-state index contributed by atoms with van der Waals surface area (Å²) in [4.78, 5) is 16.1. The second-order valence-corrected chi connectivity index (χ2v) is 7.81. The zero-order valence-corrected chi connectivity index (χ0v) is 18.4. The predicted molar refractivity (Wildman–Crippen MR) is 125 cm³/mol. The number of benzene rings is 3. The molecule has 0 atom stereocenters. The van der Waals surface area contributed by atoms with Crippen LogP contribution in [-0.2, 0) is 16.0 Å². The first kappa shape index (κ1) is 21.4. The van der Waals surface area contributed by atoms with Crippen LogP contribution in [0.4, 0.5) is 0 Å². The van der Waals surface area contributed by atoms with E-state index in [1.54, 1.807) is 6.07 Å². The molecule has 4 aromatic rings. The maximum absolute atomic E-state index is 11.3. The fourth-order valence-electron chi connectivity index (χ4n) is 3.84. The molecule has 4 rings (SSSR count). The summed E-state index contributed by atoms with van der Waals surface area (Å²) in [7, 11) is 1.34. The van der Waals surface area contributed by atoms with Gasteiger partial charge in [-0.3, -0.25) is 0 Å². The van der Waals surface area contributed by atoms with Gasteiger partial charge in [0.25, 0.3) is 0 Å². The molecule has 3 aromatic carbocycles. The maximum Gasteiger partial charge on any atom is 0.343 e. The summed E-state index contributed by atoms with van der Waals surface area (Å²) in [5.41, 5.74) is 5.54. The highest BCUT2D eigenvalue weighted by Gasteiger charge is 2.13. The molecular weight excluding hydrogens is 402 g/mol. The highest BCUT2D eigenvalue weighted by atomic mass is 16.6. The van der Waals surface area contributed by atoms with Crippen LogP contribution < -0.4 is 4.74 Å². The van der Waals surface area contributed by atoms with Crippen LogP contribution in [0.2, 0.25) is 0 Å². The molecule has 32 heavy (non-hydrogen) atoms. The molecule has 0 saturated heterocycles. The number of carbonyl (C=O) groups excluding carboxylic acids is 1. The zero-order chi connectivity index (χ0) is 22.7. The normalized spacial score (nSPS) is 10.8. The predicted octanol–water partition coefficient (Wildman–Crippen LogP) is 5.37. The topological polar surface area (TPSA) is 68.7 Å². The number of fused-ring (bicyclic) bond motifs is 1. The van der Waals surface area contributed by atoms with Crippen LogP contribution in [0, 0.1) is 13.8 Å². The zero-order valence-electron chi connectivity index (χ0n) is 18.4. The fourth-order valence-corrected chi connectivity index (χ4v) is 3.84. The number of carbonyl (C=O) groups is 1. The van der Waals surface area contributed by atoms with Crippen LogP contribution in [0.5, 0.6) is 11.5 Å². The van der Waals surface area contributed by atoms with E-state index in [0.717, 1.165) is 38.7 Å². The SMILES string of the molecule is COC(=O)COc1cc(C)c(Cc2ccc(O)c(-c3ccc4ccccc4c3)n2)c(C)c1. The summed E-state index contributed by atoms with van der Waals surface area (Å²) in [6, 6.07) is 21.6. The molecule has 1 heterocycles. The van der Waals surface area contributed by atoms with Crippen LogP contribution in [-0.4, -0.2) is 29.8 Å². The lowest BCUT2D eigenvalue weighted by Crippen LogP contribution is -2.13. The van der Waals surface area contributed by atoms with Crippen LogP contribution in [0.25, 0.3) is 22.0 Å². The Labute approximate surface area is 187 Å². The standard InChI is InChI=1S/C27H25NO4/c1-17-12-23(32-16-26(30)31-3)13-18(2)24(17)15-22-10-11-25(29)27(28-22)21-9-8-19-6-4-5-7-20(19)14-21/h4-14,29H,15-16H2,1-3H3. The number of hydrogen-bond acceptors (Lipinski definition) is 5. The quantitative estimate of drug-likeness (QED) is 0.419. The molecule has 0 spiro atoms. The smallest absolute Gasteiger partial charge is 0.343 e. The van der Waals surface area contributed by atoms with Gasteiger partial charge in [-0.15, -0.1) is 0 Å². The lowest BCUT2D eigenvalue weighted by Gasteiger charge is -2.14. The highest BCUT2D eigenvalue weighted by Crippen LogP contribution is 2.31. The van der Waals surface area contributed by atoms with Crippen LogP contribution >= 0.6 is 0 Å². The Balaban J connectivity index is 1.62. The first-order valence-corrected chi connectivity index (χ1v) is 10.4. The summed E-state index contributed by atoms with van der Waals surface area (Å²) < 4.78 is 10.2. The van der Waals surface area contributed by atoms with Crippen molar-refractivity contribution in [2.45, 2.75) is 20.3 Å². The van der Waals surface area contributed by atoms with Crippen molar-refractivity contribution >= 4 is 16.7 Å². The minimum atomic E-state index is -0.418. The number of aromatic nitrogens is 1. The van der Waals surface area contributed by atoms with Crippen molar-refractivity contribution in [2.75, 3.05) is 13.7 Å². The molecule has 0 radical (unpaired) electrons. The Morgan fingerprint density at radius 3 is 2.38 bits per heavy atom. The summed E-state index contributed by atoms with van der Waals surface area (Å²) in [5.74, 6) is 0.368. The molecule has 0 aliphatic rings. The van der Waals surface area contributed by atoms with Gasteiger partial charge in [0, 0.05) is 17.7 Å². The molecule has 0 saturated carbocycles. The van der Waals surface area contributed by atoms with Gasteiger partial charge in [0.15, 0.2) is 6.61 Å². The second kappa shape index (κ2) is 9.10. The Morgan fingerprint density at radius 1 is 0.938 bits per heavy atom. The number of ether oxygens (including phenoxy) is 2. The fraction of sp³-hybridized carbons (Fsp3) is 0.185. The number of pyridine rings is 1. The van der Waals surface area contributed by atoms with Crippen molar-refractivity contribution in [3.05, 3.63) is 89.1 Å². The molecule has 0 unspecified atom stereocenters. The molecular formula is C27H25NO4. The Kier molecular flexibility index (Phi) is 6.08. The van der Waals surface area contributed by atoms with Gasteiger partial charge < -0.3 is 14.6 Å². The minimum absolute atomic E-state index is 0.122. The van der Waals surface area contributed by atoms with Gasteiger partial charge in [-0.2, -0.15) is 0 Å². The first-order chi connectivity index (χ1) is 15.4. The molecule has 5 heteroatoms. The number of aryl methyl sites for hydroxylation is 2. The van der Waals surface area contributed by atoms with Crippen LogP contribution in [0.3, 0.4) is 0 Å². The average Bonchev–Trinajstić information content (AvgIpc) is 2.80. The number of hydrogen-bond donors (Lipinski definition) is 1. The van der Waals surface area contributed by atoms with Crippen molar-refractivity contribution in [1.82, 2.24) is 4.98 Å². The Morgan fingerprint density at radius 2 is 1.66 bits per heavy atom. The van der Waals surface area contributed by atoms with Crippen molar-refractivity contribution in [2.24, 2.45) is 0 Å². The lowest BCUT2D eigenvalue weighted by molar-refractivity contribution is -0.142. The molecule has 0 amide bonds. The van der Waals surface area contributed by atoms with Gasteiger partial charge >= 0.3 is 5.97 Å². The van der Waals surface area contributed by atoms with E-state index < -0.39 is 5.97 Å². The van der Waals surface area contributed by atoms with E-state index in [1.165, 1.54) is 7.11 Å². The van der Waals surface area contributed by atoms with E-state index in [2.05, 4.69) is 16.9 Å². The lowest BCUT2D eigenvalue weighted by atomic mass is 9.97. The van der Waals surface area contributed by atoms with Crippen molar-refractivity contribution < 1.29 is 19.4 Å². The molecule has 0 aliphatic heterocycles. The van der Waals surface area contributed by atoms with Crippen LogP contribution in [0.1, 0.15) is 22.4 Å². The Bertz CT molecular complexity index is 1270. The van der Waals surface area contributed by atoms with E-state index in [0.29, 0.717) is 17.9 Å². The maximum atomic E-state index is 11.3. The Hall–Kier alpha value is -3.86. The summed E-state index contributed by atoms with van der Waals surface area (Å²) in [6.45, 7) is 3.90. The van der Waals surface area contributed by atoms with Crippen molar-refractivity contribution in [3.8, 4) is 22.8 Å². The number of nitrogens with zero attached hydrogens (tertiary/aromatic N) is 1.